The molecule has 0 radical (unpaired) electrons. The molecule has 0 aromatic carbocycles. The van der Waals surface area contributed by atoms with Gasteiger partial charge in [0, 0.05) is 0 Å². The topological polar surface area (TPSA) is 80.4 Å². The second-order valence-electron chi connectivity index (χ2n) is 3.93. The number of aliphatic hydroxyl groups is 1. The summed E-state index contributed by atoms with van der Waals surface area (Å²) in [7, 11) is 0. The van der Waals surface area contributed by atoms with E-state index in [0.29, 0.717) is 0 Å². The maximum absolute atomic E-state index is 13.2. The van der Waals surface area contributed by atoms with Crippen LogP contribution in [0.5, 0.6) is 6.01 Å². The third-order valence-electron chi connectivity index (χ3n) is 2.88. The van der Waals surface area contributed by atoms with Gasteiger partial charge < -0.3 is 14.6 Å². The molecule has 0 saturated carbocycles. The molecule has 4 atom stereocenters. The van der Waals surface area contributed by atoms with Crippen LogP contribution in [0.25, 0.3) is 0 Å². The van der Waals surface area contributed by atoms with E-state index in [1.54, 1.807) is 6.92 Å². The fraction of sp³-hybridized carbons (Fsp3) is 0.556. The molecule has 7 heteroatoms. The third kappa shape index (κ3) is 1.12. The molecule has 3 heterocycles. The lowest BCUT2D eigenvalue weighted by Crippen LogP contribution is -2.31. The summed E-state index contributed by atoms with van der Waals surface area (Å²) >= 11 is 0. The summed E-state index contributed by atoms with van der Waals surface area (Å²) in [6.45, 7) is 1.72. The molecule has 86 valence electrons. The van der Waals surface area contributed by atoms with Crippen molar-refractivity contribution >= 4 is 0 Å². The van der Waals surface area contributed by atoms with Gasteiger partial charge in [0.1, 0.15) is 6.10 Å². The molecule has 2 N–H and O–H groups in total. The Balaban J connectivity index is 2.08. The Hall–Kier alpha value is -1.47. The molecule has 0 aliphatic carbocycles. The monoisotopic (exact) mass is 227 g/mol. The Bertz CT molecular complexity index is 503. The summed E-state index contributed by atoms with van der Waals surface area (Å²) in [5, 5.41) is 16.9. The molecule has 2 aliphatic rings. The molecular weight excluding hydrogens is 217 g/mol. The van der Waals surface area contributed by atoms with Crippen LogP contribution in [-0.4, -0.2) is 33.0 Å². The van der Waals surface area contributed by atoms with Gasteiger partial charge in [-0.15, -0.1) is 0 Å². The van der Waals surface area contributed by atoms with Crippen molar-refractivity contribution in [1.82, 2.24) is 9.55 Å². The number of rotatable bonds is 0. The van der Waals surface area contributed by atoms with Gasteiger partial charge in [-0.05, 0) is 6.92 Å². The lowest BCUT2D eigenvalue weighted by molar-refractivity contribution is -0.00690. The van der Waals surface area contributed by atoms with E-state index in [0.717, 1.165) is 6.20 Å². The van der Waals surface area contributed by atoms with Crippen LogP contribution < -0.4 is 10.2 Å². The van der Waals surface area contributed by atoms with E-state index in [1.807, 2.05) is 0 Å². The van der Waals surface area contributed by atoms with Crippen LogP contribution in [0.4, 0.5) is 4.39 Å². The Morgan fingerprint density at radius 2 is 2.38 bits per heavy atom. The highest BCUT2D eigenvalue weighted by Gasteiger charge is 2.49. The zero-order valence-electron chi connectivity index (χ0n) is 8.42. The van der Waals surface area contributed by atoms with E-state index < -0.39 is 29.7 Å². The highest BCUT2D eigenvalue weighted by Crippen LogP contribution is 2.38. The second-order valence-corrected chi connectivity index (χ2v) is 3.93. The van der Waals surface area contributed by atoms with Crippen LogP contribution >= 0.6 is 0 Å². The van der Waals surface area contributed by atoms with Crippen molar-refractivity contribution in [1.29, 1.82) is 5.41 Å². The van der Waals surface area contributed by atoms with Crippen LogP contribution in [0.2, 0.25) is 0 Å². The molecule has 2 aliphatic heterocycles. The van der Waals surface area contributed by atoms with Crippen LogP contribution in [-0.2, 0) is 4.74 Å². The van der Waals surface area contributed by atoms with Crippen molar-refractivity contribution in [3.05, 3.63) is 17.5 Å². The number of halogens is 1. The third-order valence-corrected chi connectivity index (χ3v) is 2.88. The van der Waals surface area contributed by atoms with Gasteiger partial charge >= 0.3 is 6.01 Å². The Kier molecular flexibility index (Phi) is 1.84. The van der Waals surface area contributed by atoms with Gasteiger partial charge in [0.25, 0.3) is 0 Å². The SMILES string of the molecule is C[C@H]1O[C@@H]2[C@@H](Oc3nc(=N)c(F)cn32)[C@@H]1O. The second kappa shape index (κ2) is 3.02. The summed E-state index contributed by atoms with van der Waals surface area (Å²) in [5.41, 5.74) is -0.478. The fourth-order valence-corrected chi connectivity index (χ4v) is 2.00. The van der Waals surface area contributed by atoms with Crippen molar-refractivity contribution in [2.75, 3.05) is 0 Å². The van der Waals surface area contributed by atoms with E-state index in [-0.39, 0.29) is 12.1 Å². The first kappa shape index (κ1) is 9.73. The Morgan fingerprint density at radius 3 is 3.12 bits per heavy atom. The minimum absolute atomic E-state index is 0.104. The molecule has 0 bridgehead atoms. The van der Waals surface area contributed by atoms with Crippen molar-refractivity contribution in [3.8, 4) is 6.01 Å². The Labute approximate surface area is 89.8 Å². The van der Waals surface area contributed by atoms with Crippen LogP contribution in [0.3, 0.4) is 0 Å². The number of fused-ring (bicyclic) bond motifs is 3. The molecule has 1 aromatic heterocycles. The number of ether oxygens (including phenoxy) is 2. The van der Waals surface area contributed by atoms with E-state index >= 15 is 0 Å². The van der Waals surface area contributed by atoms with E-state index in [1.165, 1.54) is 4.57 Å². The van der Waals surface area contributed by atoms with E-state index in [9.17, 15) is 9.50 Å². The predicted molar refractivity (Wildman–Crippen MR) is 48.0 cm³/mol. The molecule has 0 spiro atoms. The van der Waals surface area contributed by atoms with Gasteiger partial charge in [-0.25, -0.2) is 4.39 Å². The van der Waals surface area contributed by atoms with Gasteiger partial charge in [-0.1, -0.05) is 0 Å². The molecule has 1 aromatic rings. The minimum atomic E-state index is -0.774. The average Bonchev–Trinajstić information content (AvgIpc) is 2.69. The van der Waals surface area contributed by atoms with Crippen LogP contribution in [0, 0.1) is 11.2 Å². The number of nitrogens with zero attached hydrogens (tertiary/aromatic N) is 2. The highest BCUT2D eigenvalue weighted by atomic mass is 19.1. The molecule has 3 rings (SSSR count). The van der Waals surface area contributed by atoms with Crippen molar-refractivity contribution < 1.29 is 19.0 Å². The number of aromatic nitrogens is 2. The molecule has 1 fully saturated rings. The number of hydrogen-bond donors (Lipinski definition) is 2. The first-order valence-corrected chi connectivity index (χ1v) is 4.91. The van der Waals surface area contributed by atoms with Gasteiger partial charge in [-0.2, -0.15) is 4.98 Å². The number of nitrogens with one attached hydrogen (secondary N) is 1. The molecule has 0 amide bonds. The van der Waals surface area contributed by atoms with Crippen LogP contribution in [0.1, 0.15) is 13.2 Å². The lowest BCUT2D eigenvalue weighted by Gasteiger charge is -2.12. The van der Waals surface area contributed by atoms with Crippen LogP contribution in [0.15, 0.2) is 6.20 Å². The normalized spacial score (nSPS) is 35.7. The summed E-state index contributed by atoms with van der Waals surface area (Å²) < 4.78 is 25.3. The van der Waals surface area contributed by atoms with Crippen molar-refractivity contribution in [3.63, 3.8) is 0 Å². The maximum atomic E-state index is 13.2. The molecule has 6 nitrogen and oxygen atoms in total. The largest absolute Gasteiger partial charge is 0.454 e. The zero-order chi connectivity index (χ0) is 11.4. The highest BCUT2D eigenvalue weighted by molar-refractivity contribution is 5.10. The van der Waals surface area contributed by atoms with Crippen molar-refractivity contribution in [2.45, 2.75) is 31.5 Å². The first-order valence-electron chi connectivity index (χ1n) is 4.91. The Morgan fingerprint density at radius 1 is 1.62 bits per heavy atom. The van der Waals surface area contributed by atoms with E-state index in [2.05, 4.69) is 4.98 Å². The molecule has 0 unspecified atom stereocenters. The summed E-state index contributed by atoms with van der Waals surface area (Å²) in [6.07, 6.45) is -1.18. The molecule has 16 heavy (non-hydrogen) atoms. The minimum Gasteiger partial charge on any atom is -0.454 e. The predicted octanol–water partition coefficient (Wildman–Crippen LogP) is -0.459. The summed E-state index contributed by atoms with van der Waals surface area (Å²) in [5.74, 6) is -0.745. The summed E-state index contributed by atoms with van der Waals surface area (Å²) in [6, 6.07) is 0.104. The smallest absolute Gasteiger partial charge is 0.301 e. The quantitative estimate of drug-likeness (QED) is 0.628. The van der Waals surface area contributed by atoms with Crippen molar-refractivity contribution in [2.24, 2.45) is 0 Å². The zero-order valence-corrected chi connectivity index (χ0v) is 8.42. The fourth-order valence-electron chi connectivity index (χ4n) is 2.00. The number of aliphatic hydroxyl groups excluding tert-OH is 1. The van der Waals surface area contributed by atoms with Gasteiger partial charge in [0.05, 0.1) is 12.3 Å². The summed E-state index contributed by atoms with van der Waals surface area (Å²) in [4.78, 5) is 3.64. The lowest BCUT2D eigenvalue weighted by atomic mass is 10.1. The van der Waals surface area contributed by atoms with Gasteiger partial charge in [-0.3, -0.25) is 9.98 Å². The van der Waals surface area contributed by atoms with E-state index in [4.69, 9.17) is 14.9 Å². The van der Waals surface area contributed by atoms with Gasteiger partial charge in [0.2, 0.25) is 0 Å². The number of hydrogen-bond acceptors (Lipinski definition) is 5. The first-order chi connectivity index (χ1) is 7.58. The molecule has 1 saturated heterocycles. The maximum Gasteiger partial charge on any atom is 0.301 e. The van der Waals surface area contributed by atoms with Gasteiger partial charge in [0.15, 0.2) is 23.6 Å². The standard InChI is InChI=1S/C9H10FN3O3/c1-3-5(14)6-8(15-3)13-2-4(10)7(11)12-9(13)16-6/h2-3,5-6,8,11,14H,1H3/t3-,5-,6+,8-/m1/s1. The molecular formula is C9H10FN3O3. The average molecular weight is 227 g/mol.